The molecule has 3 N–H and O–H groups in total. The van der Waals surface area contributed by atoms with Gasteiger partial charge in [-0.15, -0.1) is 5.10 Å². The van der Waals surface area contributed by atoms with Gasteiger partial charge in [0.15, 0.2) is 10.9 Å². The third-order valence-electron chi connectivity index (χ3n) is 2.56. The zero-order valence-corrected chi connectivity index (χ0v) is 12.6. The van der Waals surface area contributed by atoms with E-state index in [1.54, 1.807) is 6.07 Å². The molecule has 0 atom stereocenters. The summed E-state index contributed by atoms with van der Waals surface area (Å²) in [5, 5.41) is 6.62. The Morgan fingerprint density at radius 2 is 2.27 bits per heavy atom. The molecule has 0 aliphatic carbocycles. The van der Waals surface area contributed by atoms with Crippen LogP contribution in [-0.4, -0.2) is 32.3 Å². The van der Waals surface area contributed by atoms with Gasteiger partial charge in [0.2, 0.25) is 5.91 Å². The van der Waals surface area contributed by atoms with Gasteiger partial charge in [0.25, 0.3) is 0 Å². The number of hydrazine groups is 1. The van der Waals surface area contributed by atoms with E-state index >= 15 is 0 Å². The Hall–Kier alpha value is -2.49. The molecule has 118 valence electrons. The summed E-state index contributed by atoms with van der Waals surface area (Å²) in [6.07, 6.45) is 2.13. The Balaban J connectivity index is 1.81. The molecule has 2 amide bonds. The van der Waals surface area contributed by atoms with Gasteiger partial charge in [0, 0.05) is 6.54 Å². The summed E-state index contributed by atoms with van der Waals surface area (Å²) in [6, 6.07) is 3.04. The lowest BCUT2D eigenvalue weighted by Gasteiger charge is -2.06. The average Bonchev–Trinajstić information content (AvgIpc) is 3.15. The topological polar surface area (TPSA) is 122 Å². The predicted octanol–water partition coefficient (Wildman–Crippen LogP) is 0.128. The van der Waals surface area contributed by atoms with Crippen LogP contribution in [0.25, 0.3) is 0 Å². The summed E-state index contributed by atoms with van der Waals surface area (Å²) < 4.78 is 6.34. The summed E-state index contributed by atoms with van der Waals surface area (Å²) >= 11 is 1.10. The second-order valence-electron chi connectivity index (χ2n) is 4.23. The van der Waals surface area contributed by atoms with Crippen LogP contribution in [0.5, 0.6) is 0 Å². The zero-order chi connectivity index (χ0) is 15.9. The largest absolute Gasteiger partial charge is 0.459 e. The van der Waals surface area contributed by atoms with E-state index in [1.165, 1.54) is 16.9 Å². The van der Waals surface area contributed by atoms with Crippen molar-refractivity contribution in [1.82, 2.24) is 25.6 Å². The first-order chi connectivity index (χ1) is 10.6. The average molecular weight is 325 g/mol. The van der Waals surface area contributed by atoms with Gasteiger partial charge in [-0.3, -0.25) is 25.0 Å². The number of hydrogen-bond acceptors (Lipinski definition) is 6. The third kappa shape index (κ3) is 4.01. The first kappa shape index (κ1) is 15.9. The fourth-order valence-electron chi connectivity index (χ4n) is 1.60. The molecule has 0 radical (unpaired) electrons. The van der Waals surface area contributed by atoms with Gasteiger partial charge < -0.3 is 4.42 Å². The Labute approximate surface area is 129 Å². The van der Waals surface area contributed by atoms with Crippen molar-refractivity contribution in [3.63, 3.8) is 0 Å². The SMILES string of the molecule is CCCn1c(SCC(=O)NNC(=O)c2ccco2)n[nH]c1=O. The number of carbonyl (C=O) groups is 2. The summed E-state index contributed by atoms with van der Waals surface area (Å²) in [7, 11) is 0. The molecule has 2 heterocycles. The van der Waals surface area contributed by atoms with Gasteiger partial charge in [-0.25, -0.2) is 9.89 Å². The number of furan rings is 1. The molecule has 10 heteroatoms. The molecule has 0 saturated carbocycles. The molecule has 2 aromatic rings. The number of aromatic amines is 1. The molecule has 2 rings (SSSR count). The van der Waals surface area contributed by atoms with Crippen LogP contribution in [-0.2, 0) is 11.3 Å². The number of hydrogen-bond donors (Lipinski definition) is 3. The highest BCUT2D eigenvalue weighted by Gasteiger charge is 2.12. The fraction of sp³-hybridized carbons (Fsp3) is 0.333. The molecule has 0 bridgehead atoms. The van der Waals surface area contributed by atoms with Crippen molar-refractivity contribution in [1.29, 1.82) is 0 Å². The summed E-state index contributed by atoms with van der Waals surface area (Å²) in [5.74, 6) is -0.877. The van der Waals surface area contributed by atoms with Crippen LogP contribution in [0.3, 0.4) is 0 Å². The molecule has 0 fully saturated rings. The van der Waals surface area contributed by atoms with Crippen LogP contribution >= 0.6 is 11.8 Å². The number of carbonyl (C=O) groups excluding carboxylic acids is 2. The first-order valence-corrected chi connectivity index (χ1v) is 7.51. The maximum atomic E-state index is 11.7. The molecule has 0 aliphatic rings. The maximum Gasteiger partial charge on any atom is 0.343 e. The minimum Gasteiger partial charge on any atom is -0.459 e. The lowest BCUT2D eigenvalue weighted by molar-refractivity contribution is -0.119. The van der Waals surface area contributed by atoms with E-state index in [1.807, 2.05) is 6.92 Å². The molecule has 0 saturated heterocycles. The Kier molecular flexibility index (Phi) is 5.42. The van der Waals surface area contributed by atoms with E-state index in [0.29, 0.717) is 11.7 Å². The van der Waals surface area contributed by atoms with Crippen LogP contribution < -0.4 is 16.5 Å². The van der Waals surface area contributed by atoms with Crippen molar-refractivity contribution < 1.29 is 14.0 Å². The van der Waals surface area contributed by atoms with E-state index < -0.39 is 11.8 Å². The van der Waals surface area contributed by atoms with Crippen molar-refractivity contribution in [3.05, 3.63) is 34.6 Å². The van der Waals surface area contributed by atoms with Crippen LogP contribution in [0, 0.1) is 0 Å². The van der Waals surface area contributed by atoms with Crippen LogP contribution in [0.1, 0.15) is 23.9 Å². The molecule has 0 unspecified atom stereocenters. The number of rotatable bonds is 6. The van der Waals surface area contributed by atoms with E-state index in [9.17, 15) is 14.4 Å². The lowest BCUT2D eigenvalue weighted by Crippen LogP contribution is -2.42. The van der Waals surface area contributed by atoms with Crippen molar-refractivity contribution in [3.8, 4) is 0 Å². The Morgan fingerprint density at radius 1 is 1.45 bits per heavy atom. The summed E-state index contributed by atoms with van der Waals surface area (Å²) in [6.45, 7) is 2.46. The highest BCUT2D eigenvalue weighted by molar-refractivity contribution is 7.99. The van der Waals surface area contributed by atoms with Crippen LogP contribution in [0.15, 0.2) is 32.8 Å². The van der Waals surface area contributed by atoms with Gasteiger partial charge in [0.05, 0.1) is 12.0 Å². The second-order valence-corrected chi connectivity index (χ2v) is 5.17. The smallest absolute Gasteiger partial charge is 0.343 e. The highest BCUT2D eigenvalue weighted by Crippen LogP contribution is 2.12. The Morgan fingerprint density at radius 3 is 2.95 bits per heavy atom. The van der Waals surface area contributed by atoms with Crippen molar-refractivity contribution in [2.45, 2.75) is 25.0 Å². The van der Waals surface area contributed by atoms with Gasteiger partial charge in [-0.1, -0.05) is 18.7 Å². The minimum absolute atomic E-state index is 0.00639. The van der Waals surface area contributed by atoms with Crippen LogP contribution in [0.2, 0.25) is 0 Å². The minimum atomic E-state index is -0.550. The summed E-state index contributed by atoms with van der Waals surface area (Å²) in [5.41, 5.74) is 4.17. The second kappa shape index (κ2) is 7.50. The van der Waals surface area contributed by atoms with Crippen molar-refractivity contribution >= 4 is 23.6 Å². The molecule has 2 aromatic heterocycles. The predicted molar refractivity (Wildman–Crippen MR) is 78.2 cm³/mol. The number of thioether (sulfide) groups is 1. The maximum absolute atomic E-state index is 11.7. The normalized spacial score (nSPS) is 10.4. The van der Waals surface area contributed by atoms with Gasteiger partial charge in [-0.2, -0.15) is 0 Å². The molecule has 22 heavy (non-hydrogen) atoms. The number of nitrogens with one attached hydrogen (secondary N) is 3. The van der Waals surface area contributed by atoms with E-state index in [0.717, 1.165) is 18.2 Å². The number of amides is 2. The van der Waals surface area contributed by atoms with Crippen molar-refractivity contribution in [2.24, 2.45) is 0 Å². The van der Waals surface area contributed by atoms with E-state index in [4.69, 9.17) is 4.42 Å². The quantitative estimate of drug-likeness (QED) is 0.512. The summed E-state index contributed by atoms with van der Waals surface area (Å²) in [4.78, 5) is 34.7. The molecular formula is C12H15N5O4S. The molecule has 0 aromatic carbocycles. The number of nitrogens with zero attached hydrogens (tertiary/aromatic N) is 2. The molecule has 0 aliphatic heterocycles. The van der Waals surface area contributed by atoms with Gasteiger partial charge in [-0.05, 0) is 18.6 Å². The lowest BCUT2D eigenvalue weighted by atomic mass is 10.4. The standard InChI is InChI=1S/C12H15N5O4S/c1-2-5-17-11(20)15-16-12(17)22-7-9(18)13-14-10(19)8-4-3-6-21-8/h3-4,6H,2,5,7H2,1H3,(H,13,18)(H,14,19)(H,15,20). The molecular weight excluding hydrogens is 310 g/mol. The molecule has 9 nitrogen and oxygen atoms in total. The fourth-order valence-corrected chi connectivity index (χ4v) is 2.37. The van der Waals surface area contributed by atoms with Gasteiger partial charge in [0.1, 0.15) is 0 Å². The molecule has 0 spiro atoms. The number of H-pyrrole nitrogens is 1. The van der Waals surface area contributed by atoms with Crippen molar-refractivity contribution in [2.75, 3.05) is 5.75 Å². The zero-order valence-electron chi connectivity index (χ0n) is 11.8. The Bertz CT molecular complexity index is 691. The monoisotopic (exact) mass is 325 g/mol. The van der Waals surface area contributed by atoms with E-state index in [-0.39, 0.29) is 17.2 Å². The highest BCUT2D eigenvalue weighted by atomic mass is 32.2. The van der Waals surface area contributed by atoms with Gasteiger partial charge >= 0.3 is 11.6 Å². The van der Waals surface area contributed by atoms with E-state index in [2.05, 4.69) is 21.0 Å². The first-order valence-electron chi connectivity index (χ1n) is 6.52. The van der Waals surface area contributed by atoms with Crippen LogP contribution in [0.4, 0.5) is 0 Å². The number of aromatic nitrogens is 3. The third-order valence-corrected chi connectivity index (χ3v) is 3.54.